The van der Waals surface area contributed by atoms with E-state index in [9.17, 15) is 17.8 Å². The van der Waals surface area contributed by atoms with E-state index in [4.69, 9.17) is 17.3 Å². The summed E-state index contributed by atoms with van der Waals surface area (Å²) >= 11 is 5.85. The number of hydrogen-bond acceptors (Lipinski definition) is 4. The Labute approximate surface area is 149 Å². The predicted molar refractivity (Wildman–Crippen MR) is 97.6 cm³/mol. The van der Waals surface area contributed by atoms with Gasteiger partial charge in [0.15, 0.2) is 0 Å². The van der Waals surface area contributed by atoms with E-state index in [1.165, 1.54) is 30.3 Å². The SMILES string of the molecule is Nc1cc(C(=O)Nc2ccc(S(=O)(=O)O)c3ccccc23)ccc1Cl. The maximum atomic E-state index is 12.4. The van der Waals surface area contributed by atoms with Gasteiger partial charge in [-0.25, -0.2) is 0 Å². The second-order valence-corrected chi connectivity index (χ2v) is 7.12. The molecule has 3 rings (SSSR count). The molecule has 3 aromatic carbocycles. The zero-order valence-electron chi connectivity index (χ0n) is 12.7. The van der Waals surface area contributed by atoms with Crippen LogP contribution in [-0.2, 0) is 10.1 Å². The lowest BCUT2D eigenvalue weighted by Gasteiger charge is -2.11. The predicted octanol–water partition coefficient (Wildman–Crippen LogP) is 3.57. The third kappa shape index (κ3) is 3.43. The number of rotatable bonds is 3. The third-order valence-electron chi connectivity index (χ3n) is 3.67. The van der Waals surface area contributed by atoms with Crippen LogP contribution in [0.4, 0.5) is 11.4 Å². The van der Waals surface area contributed by atoms with Crippen molar-refractivity contribution in [1.82, 2.24) is 0 Å². The molecule has 0 spiro atoms. The average Bonchev–Trinajstić information content (AvgIpc) is 2.56. The highest BCUT2D eigenvalue weighted by atomic mass is 35.5. The normalized spacial score (nSPS) is 11.4. The van der Waals surface area contributed by atoms with Crippen molar-refractivity contribution in [3.05, 3.63) is 65.2 Å². The van der Waals surface area contributed by atoms with Crippen LogP contribution in [-0.4, -0.2) is 18.9 Å². The lowest BCUT2D eigenvalue weighted by Crippen LogP contribution is -2.13. The number of hydrogen-bond donors (Lipinski definition) is 3. The zero-order valence-corrected chi connectivity index (χ0v) is 14.3. The molecule has 0 saturated heterocycles. The van der Waals surface area contributed by atoms with E-state index in [0.717, 1.165) is 0 Å². The van der Waals surface area contributed by atoms with Crippen LogP contribution in [0.5, 0.6) is 0 Å². The van der Waals surface area contributed by atoms with Crippen LogP contribution in [0.3, 0.4) is 0 Å². The van der Waals surface area contributed by atoms with Crippen LogP contribution in [0.25, 0.3) is 10.8 Å². The number of halogens is 1. The summed E-state index contributed by atoms with van der Waals surface area (Å²) in [5, 5.41) is 3.84. The molecule has 0 aliphatic heterocycles. The van der Waals surface area contributed by atoms with Gasteiger partial charge in [0.1, 0.15) is 4.90 Å². The Balaban J connectivity index is 2.05. The minimum absolute atomic E-state index is 0.225. The van der Waals surface area contributed by atoms with Crippen LogP contribution in [0.2, 0.25) is 5.02 Å². The molecule has 25 heavy (non-hydrogen) atoms. The van der Waals surface area contributed by atoms with Gasteiger partial charge in [-0.05, 0) is 30.3 Å². The van der Waals surface area contributed by atoms with Crippen molar-refractivity contribution in [2.45, 2.75) is 4.90 Å². The number of anilines is 2. The van der Waals surface area contributed by atoms with Gasteiger partial charge >= 0.3 is 0 Å². The fourth-order valence-electron chi connectivity index (χ4n) is 2.48. The second kappa shape index (κ2) is 6.36. The van der Waals surface area contributed by atoms with Gasteiger partial charge in [-0.2, -0.15) is 8.42 Å². The molecular weight excluding hydrogens is 364 g/mol. The minimum atomic E-state index is -4.38. The second-order valence-electron chi connectivity index (χ2n) is 5.32. The molecule has 0 fully saturated rings. The van der Waals surface area contributed by atoms with Crippen LogP contribution in [0.15, 0.2) is 59.5 Å². The zero-order chi connectivity index (χ0) is 18.2. The Kier molecular flexibility index (Phi) is 4.38. The van der Waals surface area contributed by atoms with E-state index in [2.05, 4.69) is 5.32 Å². The van der Waals surface area contributed by atoms with E-state index < -0.39 is 16.0 Å². The van der Waals surface area contributed by atoms with Crippen molar-refractivity contribution < 1.29 is 17.8 Å². The van der Waals surface area contributed by atoms with Crippen LogP contribution in [0.1, 0.15) is 10.4 Å². The van der Waals surface area contributed by atoms with Gasteiger partial charge in [-0.1, -0.05) is 35.9 Å². The number of nitrogens with two attached hydrogens (primary N) is 1. The van der Waals surface area contributed by atoms with E-state index >= 15 is 0 Å². The van der Waals surface area contributed by atoms with Crippen molar-refractivity contribution in [1.29, 1.82) is 0 Å². The van der Waals surface area contributed by atoms with Gasteiger partial charge in [0.25, 0.3) is 16.0 Å². The number of carbonyl (C=O) groups excluding carboxylic acids is 1. The van der Waals surface area contributed by atoms with Crippen LogP contribution in [0, 0.1) is 0 Å². The lowest BCUT2D eigenvalue weighted by molar-refractivity contribution is 0.102. The highest BCUT2D eigenvalue weighted by Crippen LogP contribution is 2.30. The molecule has 0 aliphatic carbocycles. The molecule has 0 aliphatic rings. The lowest BCUT2D eigenvalue weighted by atomic mass is 10.1. The Morgan fingerprint density at radius 2 is 1.72 bits per heavy atom. The molecule has 8 heteroatoms. The van der Waals surface area contributed by atoms with Crippen LogP contribution < -0.4 is 11.1 Å². The molecule has 3 aromatic rings. The Morgan fingerprint density at radius 1 is 1.04 bits per heavy atom. The van der Waals surface area contributed by atoms with E-state index in [1.807, 2.05) is 0 Å². The smallest absolute Gasteiger partial charge is 0.295 e. The van der Waals surface area contributed by atoms with Crippen LogP contribution >= 0.6 is 11.6 Å². The number of nitrogens with one attached hydrogen (secondary N) is 1. The molecule has 1 amide bonds. The van der Waals surface area contributed by atoms with Crippen molar-refractivity contribution in [3.8, 4) is 0 Å². The molecule has 0 radical (unpaired) electrons. The van der Waals surface area contributed by atoms with Crippen molar-refractivity contribution in [2.24, 2.45) is 0 Å². The summed E-state index contributed by atoms with van der Waals surface area (Å²) in [6, 6.07) is 13.7. The summed E-state index contributed by atoms with van der Waals surface area (Å²) < 4.78 is 32.4. The fourth-order valence-corrected chi connectivity index (χ4v) is 3.30. The standard InChI is InChI=1S/C17H13ClN2O4S/c18-13-6-5-10(9-14(13)19)17(21)20-15-7-8-16(25(22,23)24)12-4-2-1-3-11(12)15/h1-9H,19H2,(H,20,21)(H,22,23,24). The monoisotopic (exact) mass is 376 g/mol. The molecule has 4 N–H and O–H groups in total. The summed E-state index contributed by atoms with van der Waals surface area (Å²) in [5.74, 6) is -0.423. The molecule has 128 valence electrons. The molecule has 0 saturated carbocycles. The molecule has 0 atom stereocenters. The van der Waals surface area contributed by atoms with Gasteiger partial charge in [0, 0.05) is 22.0 Å². The minimum Gasteiger partial charge on any atom is -0.398 e. The number of carbonyl (C=O) groups is 1. The largest absolute Gasteiger partial charge is 0.398 e. The third-order valence-corrected chi connectivity index (χ3v) is 4.92. The first-order chi connectivity index (χ1) is 11.8. The summed E-state index contributed by atoms with van der Waals surface area (Å²) in [4.78, 5) is 12.2. The molecule has 6 nitrogen and oxygen atoms in total. The Morgan fingerprint density at radius 3 is 2.36 bits per heavy atom. The molecule has 0 aromatic heterocycles. The number of fused-ring (bicyclic) bond motifs is 1. The highest BCUT2D eigenvalue weighted by Gasteiger charge is 2.17. The summed E-state index contributed by atoms with van der Waals surface area (Å²) in [6.45, 7) is 0. The number of amides is 1. The topological polar surface area (TPSA) is 109 Å². The summed E-state index contributed by atoms with van der Waals surface area (Å²) in [6.07, 6.45) is 0. The van der Waals surface area contributed by atoms with Gasteiger partial charge in [-0.15, -0.1) is 0 Å². The van der Waals surface area contributed by atoms with Gasteiger partial charge in [-0.3, -0.25) is 9.35 Å². The molecule has 0 unspecified atom stereocenters. The fraction of sp³-hybridized carbons (Fsp3) is 0. The molecule has 0 heterocycles. The molecular formula is C17H13ClN2O4S. The van der Waals surface area contributed by atoms with Gasteiger partial charge < -0.3 is 11.1 Å². The van der Waals surface area contributed by atoms with E-state index in [1.54, 1.807) is 24.3 Å². The number of benzene rings is 3. The summed E-state index contributed by atoms with van der Waals surface area (Å²) in [7, 11) is -4.38. The Bertz CT molecular complexity index is 1100. The van der Waals surface area contributed by atoms with Crippen molar-refractivity contribution in [3.63, 3.8) is 0 Å². The number of nitrogen functional groups attached to an aromatic ring is 1. The van der Waals surface area contributed by atoms with Crippen molar-refractivity contribution in [2.75, 3.05) is 11.1 Å². The van der Waals surface area contributed by atoms with Gasteiger partial charge in [0.05, 0.1) is 10.7 Å². The average molecular weight is 377 g/mol. The first-order valence-electron chi connectivity index (χ1n) is 7.13. The first-order valence-corrected chi connectivity index (χ1v) is 8.95. The van der Waals surface area contributed by atoms with E-state index in [0.29, 0.717) is 27.0 Å². The van der Waals surface area contributed by atoms with Crippen molar-refractivity contribution >= 4 is 49.8 Å². The quantitative estimate of drug-likeness (QED) is 0.478. The van der Waals surface area contributed by atoms with E-state index in [-0.39, 0.29) is 10.6 Å². The Hall–Kier alpha value is -2.61. The highest BCUT2D eigenvalue weighted by molar-refractivity contribution is 7.86. The summed E-state index contributed by atoms with van der Waals surface area (Å²) in [5.41, 5.74) is 6.70. The maximum absolute atomic E-state index is 12.4. The first kappa shape index (κ1) is 17.2. The molecule has 0 bridgehead atoms. The van der Waals surface area contributed by atoms with Gasteiger partial charge in [0.2, 0.25) is 0 Å². The maximum Gasteiger partial charge on any atom is 0.295 e.